The van der Waals surface area contributed by atoms with Gasteiger partial charge in [0, 0.05) is 0 Å². The molecule has 0 amide bonds. The number of hydrogen-bond acceptors (Lipinski definition) is 2. The quantitative estimate of drug-likeness (QED) is 0.545. The van der Waals surface area contributed by atoms with Crippen LogP contribution in [0.4, 0.5) is 0 Å². The summed E-state index contributed by atoms with van der Waals surface area (Å²) < 4.78 is 0. The summed E-state index contributed by atoms with van der Waals surface area (Å²) in [5.41, 5.74) is 2.39. The summed E-state index contributed by atoms with van der Waals surface area (Å²) in [6.45, 7) is 6.23. The monoisotopic (exact) mass is 203 g/mol. The Labute approximate surface area is 91.0 Å². The summed E-state index contributed by atoms with van der Waals surface area (Å²) in [5.74, 6) is 0.318. The Kier molecular flexibility index (Phi) is 4.26. The van der Waals surface area contributed by atoms with Crippen LogP contribution in [0, 0.1) is 5.92 Å². The van der Waals surface area contributed by atoms with Gasteiger partial charge in [0.1, 0.15) is 0 Å². The Bertz CT molecular complexity index is 347. The number of rotatable bonds is 4. The molecule has 1 atom stereocenters. The minimum absolute atomic E-state index is 0.0617. The van der Waals surface area contributed by atoms with Gasteiger partial charge in [-0.05, 0) is 23.5 Å². The maximum absolute atomic E-state index is 10.3. The molecule has 0 saturated heterocycles. The minimum atomic E-state index is -0.0617. The summed E-state index contributed by atoms with van der Waals surface area (Å²) in [7, 11) is 0. The molecule has 15 heavy (non-hydrogen) atoms. The van der Waals surface area contributed by atoms with Crippen LogP contribution in [0.3, 0.4) is 0 Å². The average molecular weight is 203 g/mol. The Morgan fingerprint density at radius 3 is 2.27 bits per heavy atom. The number of aryl methyl sites for hydroxylation is 1. The van der Waals surface area contributed by atoms with E-state index in [4.69, 9.17) is 0 Å². The van der Waals surface area contributed by atoms with Crippen molar-refractivity contribution in [2.45, 2.75) is 33.2 Å². The third-order valence-corrected chi connectivity index (χ3v) is 2.55. The van der Waals surface area contributed by atoms with Gasteiger partial charge >= 0.3 is 0 Å². The van der Waals surface area contributed by atoms with Crippen LogP contribution in [0.2, 0.25) is 0 Å². The van der Waals surface area contributed by atoms with Gasteiger partial charge < -0.3 is 0 Å². The minimum Gasteiger partial charge on any atom is -0.211 e. The van der Waals surface area contributed by atoms with Crippen molar-refractivity contribution in [1.82, 2.24) is 0 Å². The van der Waals surface area contributed by atoms with Crippen LogP contribution in [-0.2, 0) is 11.2 Å². The Hall–Kier alpha value is -1.40. The largest absolute Gasteiger partial charge is 0.235 e. The van der Waals surface area contributed by atoms with Gasteiger partial charge in [0.25, 0.3) is 0 Å². The zero-order valence-corrected chi connectivity index (χ0v) is 9.53. The molecule has 0 bridgehead atoms. The number of nitrogens with zero attached hydrogens (tertiary/aromatic N) is 1. The summed E-state index contributed by atoms with van der Waals surface area (Å²) in [5, 5.41) is 0. The molecule has 1 rings (SSSR count). The van der Waals surface area contributed by atoms with Gasteiger partial charge in [-0.15, -0.1) is 0 Å². The zero-order chi connectivity index (χ0) is 11.3. The standard InChI is InChI=1S/C13H17NO/c1-4-11-5-7-12(8-6-11)13(10(2)3)14-9-15/h5-8,10,13H,4H2,1-3H3. The molecule has 2 nitrogen and oxygen atoms in total. The highest BCUT2D eigenvalue weighted by atomic mass is 16.1. The van der Waals surface area contributed by atoms with E-state index in [1.165, 1.54) is 5.56 Å². The highest BCUT2D eigenvalue weighted by molar-refractivity contribution is 5.36. The fourth-order valence-corrected chi connectivity index (χ4v) is 1.62. The van der Waals surface area contributed by atoms with Gasteiger partial charge in [0.05, 0.1) is 6.04 Å². The Morgan fingerprint density at radius 2 is 1.87 bits per heavy atom. The lowest BCUT2D eigenvalue weighted by molar-refractivity contribution is 0.502. The van der Waals surface area contributed by atoms with Crippen molar-refractivity contribution in [1.29, 1.82) is 0 Å². The first-order chi connectivity index (χ1) is 7.19. The van der Waals surface area contributed by atoms with Gasteiger partial charge in [0.2, 0.25) is 6.08 Å². The van der Waals surface area contributed by atoms with Crippen molar-refractivity contribution >= 4 is 6.08 Å². The van der Waals surface area contributed by atoms with Crippen molar-refractivity contribution in [3.05, 3.63) is 35.4 Å². The van der Waals surface area contributed by atoms with Gasteiger partial charge in [-0.2, -0.15) is 4.99 Å². The molecule has 0 aliphatic carbocycles. The van der Waals surface area contributed by atoms with E-state index >= 15 is 0 Å². The van der Waals surface area contributed by atoms with Gasteiger partial charge in [-0.3, -0.25) is 0 Å². The maximum atomic E-state index is 10.3. The van der Waals surface area contributed by atoms with Gasteiger partial charge in [-0.25, -0.2) is 4.79 Å². The molecular formula is C13H17NO. The van der Waals surface area contributed by atoms with E-state index in [-0.39, 0.29) is 6.04 Å². The van der Waals surface area contributed by atoms with E-state index in [9.17, 15) is 4.79 Å². The molecule has 0 radical (unpaired) electrons. The molecular weight excluding hydrogens is 186 g/mol. The van der Waals surface area contributed by atoms with E-state index in [0.29, 0.717) is 5.92 Å². The van der Waals surface area contributed by atoms with E-state index in [0.717, 1.165) is 12.0 Å². The average Bonchev–Trinajstić information content (AvgIpc) is 2.26. The fourth-order valence-electron chi connectivity index (χ4n) is 1.62. The van der Waals surface area contributed by atoms with E-state index in [1.807, 2.05) is 12.1 Å². The van der Waals surface area contributed by atoms with Gasteiger partial charge in [-0.1, -0.05) is 45.0 Å². The topological polar surface area (TPSA) is 29.4 Å². The van der Waals surface area contributed by atoms with Crippen molar-refractivity contribution in [3.8, 4) is 0 Å². The second-order valence-electron chi connectivity index (χ2n) is 4.00. The van der Waals surface area contributed by atoms with Crippen LogP contribution in [0.25, 0.3) is 0 Å². The molecule has 0 aromatic heterocycles. The van der Waals surface area contributed by atoms with Gasteiger partial charge in [0.15, 0.2) is 0 Å². The smallest absolute Gasteiger partial charge is 0.211 e. The molecule has 0 aliphatic rings. The molecule has 0 spiro atoms. The van der Waals surface area contributed by atoms with E-state index in [2.05, 4.69) is 37.9 Å². The zero-order valence-electron chi connectivity index (χ0n) is 9.53. The summed E-state index contributed by atoms with van der Waals surface area (Å²) >= 11 is 0. The van der Waals surface area contributed by atoms with Crippen molar-refractivity contribution in [2.75, 3.05) is 0 Å². The second kappa shape index (κ2) is 5.47. The predicted octanol–water partition coefficient (Wildman–Crippen LogP) is 3.28. The number of hydrogen-bond donors (Lipinski definition) is 0. The molecule has 0 N–H and O–H groups in total. The molecule has 2 heteroatoms. The first-order valence-corrected chi connectivity index (χ1v) is 5.34. The lowest BCUT2D eigenvalue weighted by Gasteiger charge is -2.15. The van der Waals surface area contributed by atoms with Crippen LogP contribution in [0.5, 0.6) is 0 Å². The lowest BCUT2D eigenvalue weighted by atomic mass is 9.95. The van der Waals surface area contributed by atoms with E-state index < -0.39 is 0 Å². The van der Waals surface area contributed by atoms with E-state index in [1.54, 1.807) is 6.08 Å². The van der Waals surface area contributed by atoms with Crippen molar-refractivity contribution < 1.29 is 4.79 Å². The van der Waals surface area contributed by atoms with Crippen LogP contribution in [0.15, 0.2) is 29.3 Å². The predicted molar refractivity (Wildman–Crippen MR) is 61.5 cm³/mol. The molecule has 1 aromatic carbocycles. The Balaban J connectivity index is 2.96. The Morgan fingerprint density at radius 1 is 1.27 bits per heavy atom. The number of aliphatic imine (C=N–C) groups is 1. The number of isocyanates is 1. The fraction of sp³-hybridized carbons (Fsp3) is 0.462. The molecule has 1 aromatic rings. The van der Waals surface area contributed by atoms with Crippen LogP contribution in [-0.4, -0.2) is 6.08 Å². The normalized spacial score (nSPS) is 12.3. The highest BCUT2D eigenvalue weighted by Crippen LogP contribution is 2.25. The van der Waals surface area contributed by atoms with Crippen LogP contribution >= 0.6 is 0 Å². The third kappa shape index (κ3) is 3.03. The summed E-state index contributed by atoms with van der Waals surface area (Å²) in [6, 6.07) is 8.21. The molecule has 0 fully saturated rings. The first kappa shape index (κ1) is 11.7. The summed E-state index contributed by atoms with van der Waals surface area (Å²) in [4.78, 5) is 14.2. The third-order valence-electron chi connectivity index (χ3n) is 2.55. The molecule has 0 saturated carbocycles. The van der Waals surface area contributed by atoms with Crippen molar-refractivity contribution in [2.24, 2.45) is 10.9 Å². The number of carbonyl (C=O) groups excluding carboxylic acids is 1. The maximum Gasteiger partial charge on any atom is 0.235 e. The molecule has 1 unspecified atom stereocenters. The van der Waals surface area contributed by atoms with Crippen LogP contribution in [0.1, 0.15) is 37.9 Å². The lowest BCUT2D eigenvalue weighted by Crippen LogP contribution is -2.03. The summed E-state index contributed by atoms with van der Waals surface area (Å²) in [6.07, 6.45) is 2.68. The first-order valence-electron chi connectivity index (χ1n) is 5.34. The number of benzene rings is 1. The highest BCUT2D eigenvalue weighted by Gasteiger charge is 2.13. The molecule has 80 valence electrons. The second-order valence-corrected chi connectivity index (χ2v) is 4.00. The van der Waals surface area contributed by atoms with Crippen LogP contribution < -0.4 is 0 Å². The SMILES string of the molecule is CCc1ccc(C(N=C=O)C(C)C)cc1. The molecule has 0 heterocycles. The van der Waals surface area contributed by atoms with Crippen molar-refractivity contribution in [3.63, 3.8) is 0 Å². The molecule has 0 aliphatic heterocycles.